The predicted molar refractivity (Wildman–Crippen MR) is 92.2 cm³/mol. The zero-order valence-corrected chi connectivity index (χ0v) is 14.5. The number of rotatable bonds is 3. The molecule has 5 nitrogen and oxygen atoms in total. The van der Waals surface area contributed by atoms with Crippen LogP contribution in [0.25, 0.3) is 0 Å². The number of hydrogen-bond acceptors (Lipinski definition) is 4. The molecule has 0 N–H and O–H groups in total. The van der Waals surface area contributed by atoms with E-state index in [0.717, 1.165) is 22.6 Å². The number of hydrogen-bond donors (Lipinski definition) is 0. The van der Waals surface area contributed by atoms with Crippen molar-refractivity contribution in [1.82, 2.24) is 14.9 Å². The molecule has 1 aliphatic carbocycles. The first-order valence-corrected chi connectivity index (χ1v) is 9.04. The number of carbonyl (C=O) groups excluding carboxylic acids is 1. The minimum atomic E-state index is -0.409. The van der Waals surface area contributed by atoms with Gasteiger partial charge in [0.25, 0.3) is 0 Å². The molecular formula is C19H18ClN3O2. The summed E-state index contributed by atoms with van der Waals surface area (Å²) < 4.78 is 6.03. The molecule has 3 heterocycles. The number of ether oxygens (including phenoxy) is 1. The molecule has 1 aromatic heterocycles. The van der Waals surface area contributed by atoms with Gasteiger partial charge in [0.1, 0.15) is 11.4 Å². The lowest BCUT2D eigenvalue weighted by molar-refractivity contribution is -0.168. The van der Waals surface area contributed by atoms with Gasteiger partial charge in [-0.1, -0.05) is 29.8 Å². The maximum atomic E-state index is 12.5. The van der Waals surface area contributed by atoms with Crippen LogP contribution in [0.1, 0.15) is 41.4 Å². The monoisotopic (exact) mass is 355 g/mol. The van der Waals surface area contributed by atoms with Crippen molar-refractivity contribution in [2.24, 2.45) is 0 Å². The van der Waals surface area contributed by atoms with Crippen LogP contribution < -0.4 is 0 Å². The van der Waals surface area contributed by atoms with Crippen LogP contribution in [0, 0.1) is 0 Å². The van der Waals surface area contributed by atoms with Gasteiger partial charge in [0.15, 0.2) is 0 Å². The van der Waals surface area contributed by atoms with E-state index in [1.165, 1.54) is 12.8 Å². The molecule has 1 aromatic carbocycles. The molecule has 0 atom stereocenters. The maximum Gasteiger partial charge on any atom is 0.227 e. The van der Waals surface area contributed by atoms with Crippen LogP contribution in [-0.4, -0.2) is 33.9 Å². The van der Waals surface area contributed by atoms with E-state index in [-0.39, 0.29) is 5.91 Å². The quantitative estimate of drug-likeness (QED) is 0.849. The van der Waals surface area contributed by atoms with E-state index in [1.807, 2.05) is 35.4 Å². The van der Waals surface area contributed by atoms with Gasteiger partial charge in [0, 0.05) is 22.7 Å². The van der Waals surface area contributed by atoms with Gasteiger partial charge < -0.3 is 9.64 Å². The van der Waals surface area contributed by atoms with Crippen LogP contribution in [-0.2, 0) is 28.2 Å². The third-order valence-corrected chi connectivity index (χ3v) is 5.72. The van der Waals surface area contributed by atoms with Crippen LogP contribution in [0.15, 0.2) is 30.5 Å². The van der Waals surface area contributed by atoms with Crippen molar-refractivity contribution in [3.8, 4) is 0 Å². The lowest BCUT2D eigenvalue weighted by Crippen LogP contribution is -2.61. The van der Waals surface area contributed by atoms with E-state index in [9.17, 15) is 4.79 Å². The van der Waals surface area contributed by atoms with E-state index in [0.29, 0.717) is 37.1 Å². The standard InChI is InChI=1S/C19H18ClN3O2/c20-15-4-2-1-3-13(15)7-17(24)23-10-19(11-23)14-8-21-18(12-5-6-12)22-16(14)9-25-19/h1-4,8,12H,5-7,9-11H2. The van der Waals surface area contributed by atoms with Crippen LogP contribution >= 0.6 is 11.6 Å². The van der Waals surface area contributed by atoms with Crippen molar-refractivity contribution in [3.05, 3.63) is 58.1 Å². The highest BCUT2D eigenvalue weighted by atomic mass is 35.5. The minimum absolute atomic E-state index is 0.0753. The van der Waals surface area contributed by atoms with Crippen molar-refractivity contribution in [3.63, 3.8) is 0 Å². The molecule has 0 unspecified atom stereocenters. The van der Waals surface area contributed by atoms with E-state index in [1.54, 1.807) is 0 Å². The molecule has 1 amide bonds. The first kappa shape index (κ1) is 15.3. The van der Waals surface area contributed by atoms with Crippen LogP contribution in [0.4, 0.5) is 0 Å². The number of carbonyl (C=O) groups is 1. The topological polar surface area (TPSA) is 55.3 Å². The predicted octanol–water partition coefficient (Wildman–Crippen LogP) is 2.82. The number of benzene rings is 1. The molecule has 2 fully saturated rings. The molecule has 2 aromatic rings. The van der Waals surface area contributed by atoms with Gasteiger partial charge in [-0.05, 0) is 24.5 Å². The van der Waals surface area contributed by atoms with Crippen molar-refractivity contribution >= 4 is 17.5 Å². The summed E-state index contributed by atoms with van der Waals surface area (Å²) in [5, 5.41) is 0.634. The molecular weight excluding hydrogens is 338 g/mol. The Hall–Kier alpha value is -1.98. The first-order valence-electron chi connectivity index (χ1n) is 8.66. The summed E-state index contributed by atoms with van der Waals surface area (Å²) in [6.45, 7) is 1.65. The van der Waals surface area contributed by atoms with Gasteiger partial charge in [-0.2, -0.15) is 0 Å². The van der Waals surface area contributed by atoms with Gasteiger partial charge in [0.2, 0.25) is 5.91 Å². The van der Waals surface area contributed by atoms with Crippen LogP contribution in [0.2, 0.25) is 5.02 Å². The van der Waals surface area contributed by atoms with Gasteiger partial charge in [-0.3, -0.25) is 4.79 Å². The fraction of sp³-hybridized carbons (Fsp3) is 0.421. The molecule has 0 bridgehead atoms. The highest BCUT2D eigenvalue weighted by Crippen LogP contribution is 2.44. The molecule has 5 rings (SSSR count). The number of fused-ring (bicyclic) bond motifs is 2. The van der Waals surface area contributed by atoms with Crippen LogP contribution in [0.5, 0.6) is 0 Å². The number of likely N-dealkylation sites (tertiary alicyclic amines) is 1. The summed E-state index contributed by atoms with van der Waals surface area (Å²) in [5.41, 5.74) is 2.50. The average Bonchev–Trinajstić information content (AvgIpc) is 3.36. The highest BCUT2D eigenvalue weighted by Gasteiger charge is 2.52. The van der Waals surface area contributed by atoms with E-state index >= 15 is 0 Å². The number of amides is 1. The number of aromatic nitrogens is 2. The Morgan fingerprint density at radius 1 is 1.32 bits per heavy atom. The second-order valence-electron chi connectivity index (χ2n) is 7.16. The summed E-state index contributed by atoms with van der Waals surface area (Å²) in [6.07, 6.45) is 4.61. The molecule has 3 aliphatic rings. The van der Waals surface area contributed by atoms with Gasteiger partial charge >= 0.3 is 0 Å². The fourth-order valence-corrected chi connectivity index (χ4v) is 3.87. The number of nitrogens with zero attached hydrogens (tertiary/aromatic N) is 3. The third-order valence-electron chi connectivity index (χ3n) is 5.35. The SMILES string of the molecule is O=C(Cc1ccccc1Cl)N1CC2(C1)OCc1nc(C3CC3)ncc12. The summed E-state index contributed by atoms with van der Waals surface area (Å²) >= 11 is 6.16. The molecule has 6 heteroatoms. The Morgan fingerprint density at radius 3 is 2.88 bits per heavy atom. The highest BCUT2D eigenvalue weighted by molar-refractivity contribution is 6.31. The summed E-state index contributed by atoms with van der Waals surface area (Å²) in [6, 6.07) is 7.47. The van der Waals surface area contributed by atoms with Crippen LogP contribution in [0.3, 0.4) is 0 Å². The third kappa shape index (κ3) is 2.53. The normalized spacial score (nSPS) is 20.4. The maximum absolute atomic E-state index is 12.5. The van der Waals surface area contributed by atoms with Crippen molar-refractivity contribution < 1.29 is 9.53 Å². The second kappa shape index (κ2) is 5.51. The lowest BCUT2D eigenvalue weighted by atomic mass is 9.87. The Labute approximate surface area is 151 Å². The van der Waals surface area contributed by atoms with Gasteiger partial charge in [0.05, 0.1) is 31.8 Å². The van der Waals surface area contributed by atoms with Gasteiger partial charge in [-0.15, -0.1) is 0 Å². The molecule has 2 aliphatic heterocycles. The van der Waals surface area contributed by atoms with Crippen molar-refractivity contribution in [1.29, 1.82) is 0 Å². The largest absolute Gasteiger partial charge is 0.360 e. The molecule has 0 radical (unpaired) electrons. The molecule has 1 saturated carbocycles. The second-order valence-corrected chi connectivity index (χ2v) is 7.57. The van der Waals surface area contributed by atoms with E-state index in [2.05, 4.69) is 9.97 Å². The Kier molecular flexibility index (Phi) is 3.37. The zero-order valence-electron chi connectivity index (χ0n) is 13.7. The molecule has 25 heavy (non-hydrogen) atoms. The Morgan fingerprint density at radius 2 is 2.12 bits per heavy atom. The summed E-state index contributed by atoms with van der Waals surface area (Å²) in [7, 11) is 0. The summed E-state index contributed by atoms with van der Waals surface area (Å²) in [5.74, 6) is 1.56. The van der Waals surface area contributed by atoms with E-state index < -0.39 is 5.60 Å². The fourth-order valence-electron chi connectivity index (χ4n) is 3.67. The summed E-state index contributed by atoms with van der Waals surface area (Å²) in [4.78, 5) is 23.6. The van der Waals surface area contributed by atoms with Gasteiger partial charge in [-0.25, -0.2) is 9.97 Å². The molecule has 1 saturated heterocycles. The minimum Gasteiger partial charge on any atom is -0.360 e. The lowest BCUT2D eigenvalue weighted by Gasteiger charge is -2.47. The smallest absolute Gasteiger partial charge is 0.227 e. The Balaban J connectivity index is 1.29. The first-order chi connectivity index (χ1) is 12.1. The zero-order chi connectivity index (χ0) is 17.0. The average molecular weight is 356 g/mol. The number of halogens is 1. The van der Waals surface area contributed by atoms with Crippen molar-refractivity contribution in [2.75, 3.05) is 13.1 Å². The van der Waals surface area contributed by atoms with E-state index in [4.69, 9.17) is 16.3 Å². The molecule has 1 spiro atoms. The Bertz CT molecular complexity index is 859. The van der Waals surface area contributed by atoms with Crippen molar-refractivity contribution in [2.45, 2.75) is 37.4 Å². The molecule has 128 valence electrons.